The van der Waals surface area contributed by atoms with Crippen molar-refractivity contribution in [3.8, 4) is 0 Å². The molecule has 0 amide bonds. The minimum atomic E-state index is -0.334. The van der Waals surface area contributed by atoms with Crippen molar-refractivity contribution in [2.75, 3.05) is 6.54 Å². The van der Waals surface area contributed by atoms with Crippen molar-refractivity contribution in [2.24, 2.45) is 5.73 Å². The largest absolute Gasteiger partial charge is 0.329 e. The lowest BCUT2D eigenvalue weighted by molar-refractivity contribution is 0.0963. The van der Waals surface area contributed by atoms with Gasteiger partial charge in [-0.15, -0.1) is 0 Å². The fourth-order valence-corrected chi connectivity index (χ4v) is 2.58. The summed E-state index contributed by atoms with van der Waals surface area (Å²) in [7, 11) is 0. The zero-order valence-electron chi connectivity index (χ0n) is 11.6. The number of nitrogens with zero attached hydrogens (tertiary/aromatic N) is 1. The molecule has 0 saturated heterocycles. The molecule has 1 heterocycles. The Hall–Kier alpha value is -2.52. The summed E-state index contributed by atoms with van der Waals surface area (Å²) in [5.74, 6) is -0.313. The first-order chi connectivity index (χ1) is 10.3. The van der Waals surface area contributed by atoms with Gasteiger partial charge in [0.2, 0.25) is 0 Å². The molecule has 2 aromatic carbocycles. The summed E-state index contributed by atoms with van der Waals surface area (Å²) < 4.78 is 0. The third-order valence-electron chi connectivity index (χ3n) is 3.69. The van der Waals surface area contributed by atoms with E-state index in [0.717, 1.165) is 16.3 Å². The fraction of sp³-hybridized carbons (Fsp3) is 0.111. The van der Waals surface area contributed by atoms with E-state index in [2.05, 4.69) is 4.98 Å². The van der Waals surface area contributed by atoms with Gasteiger partial charge in [0.05, 0.1) is 5.92 Å². The van der Waals surface area contributed by atoms with Crippen LogP contribution in [-0.2, 0) is 0 Å². The molecule has 0 spiro atoms. The van der Waals surface area contributed by atoms with Crippen LogP contribution in [0.4, 0.5) is 0 Å². The number of pyridine rings is 1. The third kappa shape index (κ3) is 2.56. The summed E-state index contributed by atoms with van der Waals surface area (Å²) in [6.45, 7) is 0.284. The number of fused-ring (bicyclic) bond motifs is 1. The number of hydrogen-bond donors (Lipinski definition) is 1. The summed E-state index contributed by atoms with van der Waals surface area (Å²) in [6.07, 6.45) is 3.41. The number of ketones is 1. The van der Waals surface area contributed by atoms with Crippen LogP contribution >= 0.6 is 0 Å². The molecule has 0 aliphatic carbocycles. The summed E-state index contributed by atoms with van der Waals surface area (Å²) in [6, 6.07) is 17.4. The Bertz CT molecular complexity index is 763. The lowest BCUT2D eigenvalue weighted by Gasteiger charge is -2.15. The number of benzene rings is 2. The molecule has 3 heteroatoms. The van der Waals surface area contributed by atoms with E-state index < -0.39 is 0 Å². The van der Waals surface area contributed by atoms with E-state index in [4.69, 9.17) is 5.73 Å². The van der Waals surface area contributed by atoms with Gasteiger partial charge in [0.1, 0.15) is 0 Å². The van der Waals surface area contributed by atoms with Crippen LogP contribution in [-0.4, -0.2) is 17.3 Å². The number of rotatable bonds is 4. The summed E-state index contributed by atoms with van der Waals surface area (Å²) in [5, 5.41) is 1.89. The lowest BCUT2D eigenvalue weighted by atomic mass is 9.89. The Labute approximate surface area is 123 Å². The maximum Gasteiger partial charge on any atom is 0.173 e. The quantitative estimate of drug-likeness (QED) is 0.745. The Balaban J connectivity index is 2.07. The Morgan fingerprint density at radius 1 is 1.00 bits per heavy atom. The van der Waals surface area contributed by atoms with Gasteiger partial charge in [0.15, 0.2) is 5.78 Å². The van der Waals surface area contributed by atoms with Gasteiger partial charge in [-0.05, 0) is 10.9 Å². The van der Waals surface area contributed by atoms with Crippen LogP contribution in [0, 0.1) is 0 Å². The second-order valence-corrected chi connectivity index (χ2v) is 4.97. The first-order valence-electron chi connectivity index (χ1n) is 6.93. The molecule has 3 nitrogen and oxygen atoms in total. The van der Waals surface area contributed by atoms with Gasteiger partial charge in [0, 0.05) is 29.9 Å². The van der Waals surface area contributed by atoms with Crippen LogP contribution in [0.1, 0.15) is 21.8 Å². The Morgan fingerprint density at radius 3 is 2.48 bits per heavy atom. The van der Waals surface area contributed by atoms with Crippen LogP contribution in [0.5, 0.6) is 0 Å². The van der Waals surface area contributed by atoms with Crippen molar-refractivity contribution in [2.45, 2.75) is 5.92 Å². The number of hydrogen-bond acceptors (Lipinski definition) is 3. The van der Waals surface area contributed by atoms with Crippen LogP contribution in [0.3, 0.4) is 0 Å². The molecular formula is C18H16N2O. The Morgan fingerprint density at radius 2 is 1.71 bits per heavy atom. The molecule has 2 N–H and O–H groups in total. The van der Waals surface area contributed by atoms with E-state index >= 15 is 0 Å². The molecule has 0 fully saturated rings. The molecule has 1 aromatic heterocycles. The standard InChI is InChI=1S/C18H16N2O/c19-10-16(13-6-2-1-3-7-13)18(21)17-12-20-11-14-8-4-5-9-15(14)17/h1-9,11-12,16H,10,19H2. The molecule has 0 aliphatic rings. The van der Waals surface area contributed by atoms with Crippen LogP contribution in [0.2, 0.25) is 0 Å². The molecule has 1 atom stereocenters. The van der Waals surface area contributed by atoms with Gasteiger partial charge in [-0.1, -0.05) is 54.6 Å². The minimum absolute atomic E-state index is 0.0213. The average Bonchev–Trinajstić information content (AvgIpc) is 2.56. The number of aromatic nitrogens is 1. The molecule has 0 radical (unpaired) electrons. The minimum Gasteiger partial charge on any atom is -0.329 e. The predicted molar refractivity (Wildman–Crippen MR) is 84.3 cm³/mol. The second kappa shape index (κ2) is 5.85. The van der Waals surface area contributed by atoms with Gasteiger partial charge in [-0.25, -0.2) is 0 Å². The fourth-order valence-electron chi connectivity index (χ4n) is 2.58. The highest BCUT2D eigenvalue weighted by Crippen LogP contribution is 2.24. The van der Waals surface area contributed by atoms with E-state index in [1.807, 2.05) is 54.6 Å². The highest BCUT2D eigenvalue weighted by molar-refractivity contribution is 6.10. The smallest absolute Gasteiger partial charge is 0.173 e. The molecule has 1 unspecified atom stereocenters. The van der Waals surface area contributed by atoms with Crippen LogP contribution in [0.25, 0.3) is 10.8 Å². The number of Topliss-reactive ketones (excluding diaryl/α,β-unsaturated/α-hetero) is 1. The molecular weight excluding hydrogens is 260 g/mol. The maximum atomic E-state index is 12.9. The first kappa shape index (κ1) is 13.5. The van der Waals surface area contributed by atoms with Gasteiger partial charge < -0.3 is 5.73 Å². The number of nitrogens with two attached hydrogens (primary N) is 1. The van der Waals surface area contributed by atoms with Crippen molar-refractivity contribution < 1.29 is 4.79 Å². The van der Waals surface area contributed by atoms with Crippen molar-refractivity contribution in [1.29, 1.82) is 0 Å². The van der Waals surface area contributed by atoms with Gasteiger partial charge in [0.25, 0.3) is 0 Å². The van der Waals surface area contributed by atoms with Gasteiger partial charge >= 0.3 is 0 Å². The Kier molecular flexibility index (Phi) is 3.75. The van der Waals surface area contributed by atoms with Gasteiger partial charge in [-0.3, -0.25) is 9.78 Å². The lowest BCUT2D eigenvalue weighted by Crippen LogP contribution is -2.22. The van der Waals surface area contributed by atoms with E-state index in [0.29, 0.717) is 5.56 Å². The molecule has 104 valence electrons. The molecule has 0 saturated carbocycles. The zero-order chi connectivity index (χ0) is 14.7. The average molecular weight is 276 g/mol. The SMILES string of the molecule is NCC(C(=O)c1cncc2ccccc12)c1ccccc1. The van der Waals surface area contributed by atoms with Crippen molar-refractivity contribution >= 4 is 16.6 Å². The third-order valence-corrected chi connectivity index (χ3v) is 3.69. The molecule has 3 rings (SSSR count). The topological polar surface area (TPSA) is 56.0 Å². The zero-order valence-corrected chi connectivity index (χ0v) is 11.6. The first-order valence-corrected chi connectivity index (χ1v) is 6.93. The number of carbonyl (C=O) groups is 1. The second-order valence-electron chi connectivity index (χ2n) is 4.97. The van der Waals surface area contributed by atoms with Crippen molar-refractivity contribution in [3.05, 3.63) is 78.1 Å². The maximum absolute atomic E-state index is 12.9. The van der Waals surface area contributed by atoms with E-state index in [1.54, 1.807) is 12.4 Å². The van der Waals surface area contributed by atoms with Crippen LogP contribution in [0.15, 0.2) is 67.0 Å². The monoisotopic (exact) mass is 276 g/mol. The van der Waals surface area contributed by atoms with E-state index in [1.165, 1.54) is 0 Å². The predicted octanol–water partition coefficient (Wildman–Crippen LogP) is 3.16. The molecule has 21 heavy (non-hydrogen) atoms. The van der Waals surface area contributed by atoms with Crippen molar-refractivity contribution in [1.82, 2.24) is 4.98 Å². The van der Waals surface area contributed by atoms with Gasteiger partial charge in [-0.2, -0.15) is 0 Å². The summed E-state index contributed by atoms with van der Waals surface area (Å²) >= 11 is 0. The highest BCUT2D eigenvalue weighted by atomic mass is 16.1. The van der Waals surface area contributed by atoms with Crippen molar-refractivity contribution in [3.63, 3.8) is 0 Å². The summed E-state index contributed by atoms with van der Waals surface area (Å²) in [5.41, 5.74) is 7.42. The molecule has 3 aromatic rings. The molecule has 0 aliphatic heterocycles. The molecule has 0 bridgehead atoms. The summed E-state index contributed by atoms with van der Waals surface area (Å²) in [4.78, 5) is 17.1. The van der Waals surface area contributed by atoms with Crippen LogP contribution < -0.4 is 5.73 Å². The van der Waals surface area contributed by atoms with E-state index in [9.17, 15) is 4.79 Å². The normalized spacial score (nSPS) is 12.2. The van der Waals surface area contributed by atoms with E-state index in [-0.39, 0.29) is 18.2 Å². The number of carbonyl (C=O) groups excluding carboxylic acids is 1. The highest BCUT2D eigenvalue weighted by Gasteiger charge is 2.22.